The summed E-state index contributed by atoms with van der Waals surface area (Å²) in [6, 6.07) is 18.2. The van der Waals surface area contributed by atoms with Crippen LogP contribution in [0.4, 0.5) is 0 Å². The predicted octanol–water partition coefficient (Wildman–Crippen LogP) is 11.4. The van der Waals surface area contributed by atoms with Gasteiger partial charge < -0.3 is 0 Å². The maximum atomic E-state index is 2.48. The second kappa shape index (κ2) is 15.4. The van der Waals surface area contributed by atoms with Crippen molar-refractivity contribution in [1.82, 2.24) is 0 Å². The molecule has 3 rings (SSSR count). The SMILES string of the molecule is CCCCCCCCCCCCCCCCCCCCC1(C)c2ccccc2-c2ccccc21. The van der Waals surface area contributed by atoms with Crippen molar-refractivity contribution >= 4 is 0 Å². The second-order valence-corrected chi connectivity index (χ2v) is 11.2. The number of unbranched alkanes of at least 4 members (excludes halogenated alkanes) is 17. The average molecular weight is 461 g/mol. The minimum absolute atomic E-state index is 0.197. The zero-order chi connectivity index (χ0) is 23.9. The molecule has 0 heteroatoms. The van der Waals surface area contributed by atoms with Gasteiger partial charge >= 0.3 is 0 Å². The van der Waals surface area contributed by atoms with Crippen molar-refractivity contribution in [3.63, 3.8) is 0 Å². The van der Waals surface area contributed by atoms with Crippen LogP contribution in [-0.4, -0.2) is 0 Å². The minimum atomic E-state index is 0.197. The third-order valence-corrected chi connectivity index (χ3v) is 8.36. The van der Waals surface area contributed by atoms with E-state index in [0.29, 0.717) is 0 Å². The molecule has 0 radical (unpaired) electrons. The lowest BCUT2D eigenvalue weighted by molar-refractivity contribution is 0.476. The maximum absolute atomic E-state index is 2.48. The highest BCUT2D eigenvalue weighted by molar-refractivity contribution is 5.80. The molecule has 0 heterocycles. The topological polar surface area (TPSA) is 0 Å². The number of hydrogen-bond acceptors (Lipinski definition) is 0. The first-order valence-corrected chi connectivity index (χ1v) is 15.0. The van der Waals surface area contributed by atoms with E-state index in [2.05, 4.69) is 62.4 Å². The molecule has 2 aromatic carbocycles. The van der Waals surface area contributed by atoms with Gasteiger partial charge in [-0.05, 0) is 28.7 Å². The molecule has 2 aromatic rings. The Hall–Kier alpha value is -1.56. The molecule has 0 saturated heterocycles. The van der Waals surface area contributed by atoms with Crippen molar-refractivity contribution in [2.45, 2.75) is 141 Å². The molecule has 0 saturated carbocycles. The molecule has 1 aliphatic carbocycles. The van der Waals surface area contributed by atoms with E-state index in [1.165, 1.54) is 133 Å². The van der Waals surface area contributed by atoms with E-state index in [1.807, 2.05) is 0 Å². The van der Waals surface area contributed by atoms with E-state index in [9.17, 15) is 0 Å². The van der Waals surface area contributed by atoms with Crippen LogP contribution < -0.4 is 0 Å². The fourth-order valence-electron chi connectivity index (χ4n) is 6.19. The Morgan fingerprint density at radius 2 is 0.765 bits per heavy atom. The Morgan fingerprint density at radius 3 is 1.15 bits per heavy atom. The summed E-state index contributed by atoms with van der Waals surface area (Å²) in [6.45, 7) is 4.78. The molecule has 0 atom stereocenters. The van der Waals surface area contributed by atoms with Crippen molar-refractivity contribution in [3.05, 3.63) is 59.7 Å². The molecular weight excluding hydrogens is 408 g/mol. The van der Waals surface area contributed by atoms with Gasteiger partial charge in [-0.3, -0.25) is 0 Å². The molecule has 188 valence electrons. The third-order valence-electron chi connectivity index (χ3n) is 8.36. The van der Waals surface area contributed by atoms with Gasteiger partial charge in [0.15, 0.2) is 0 Å². The van der Waals surface area contributed by atoms with E-state index in [1.54, 1.807) is 11.1 Å². The zero-order valence-electron chi connectivity index (χ0n) is 22.6. The summed E-state index contributed by atoms with van der Waals surface area (Å²) in [5.41, 5.74) is 6.21. The summed E-state index contributed by atoms with van der Waals surface area (Å²) >= 11 is 0. The van der Waals surface area contributed by atoms with Crippen molar-refractivity contribution in [2.24, 2.45) is 0 Å². The van der Waals surface area contributed by atoms with Crippen LogP contribution in [0.1, 0.15) is 147 Å². The maximum Gasteiger partial charge on any atom is 0.0187 e. The lowest BCUT2D eigenvalue weighted by Gasteiger charge is -2.27. The van der Waals surface area contributed by atoms with Gasteiger partial charge in [0.05, 0.1) is 0 Å². The van der Waals surface area contributed by atoms with Crippen LogP contribution in [0, 0.1) is 0 Å². The summed E-state index contributed by atoms with van der Waals surface area (Å²) in [5, 5.41) is 0. The van der Waals surface area contributed by atoms with E-state index < -0.39 is 0 Å². The molecule has 0 nitrogen and oxygen atoms in total. The highest BCUT2D eigenvalue weighted by Crippen LogP contribution is 2.51. The number of benzene rings is 2. The highest BCUT2D eigenvalue weighted by Gasteiger charge is 2.38. The van der Waals surface area contributed by atoms with Gasteiger partial charge in [0.25, 0.3) is 0 Å². The average Bonchev–Trinajstić information content (AvgIpc) is 3.12. The molecule has 1 aliphatic rings. The normalized spacial score (nSPS) is 13.7. The predicted molar refractivity (Wildman–Crippen MR) is 152 cm³/mol. The molecule has 0 amide bonds. The van der Waals surface area contributed by atoms with E-state index in [4.69, 9.17) is 0 Å². The molecule has 0 spiro atoms. The molecule has 0 N–H and O–H groups in total. The van der Waals surface area contributed by atoms with Gasteiger partial charge in [-0.2, -0.15) is 0 Å². The van der Waals surface area contributed by atoms with Crippen LogP contribution >= 0.6 is 0 Å². The van der Waals surface area contributed by atoms with Gasteiger partial charge in [-0.1, -0.05) is 178 Å². The summed E-state index contributed by atoms with van der Waals surface area (Å²) in [7, 11) is 0. The molecule has 0 aliphatic heterocycles. The smallest absolute Gasteiger partial charge is 0.0187 e. The lowest BCUT2D eigenvalue weighted by Crippen LogP contribution is -2.20. The Kier molecular flexibility index (Phi) is 12.3. The molecular formula is C34H52. The van der Waals surface area contributed by atoms with Gasteiger partial charge in [0, 0.05) is 5.41 Å². The van der Waals surface area contributed by atoms with Gasteiger partial charge in [0.1, 0.15) is 0 Å². The third kappa shape index (κ3) is 8.00. The first-order chi connectivity index (χ1) is 16.8. The van der Waals surface area contributed by atoms with Crippen LogP contribution in [0.3, 0.4) is 0 Å². The van der Waals surface area contributed by atoms with Crippen molar-refractivity contribution < 1.29 is 0 Å². The first kappa shape index (κ1) is 27.0. The Morgan fingerprint density at radius 1 is 0.441 bits per heavy atom. The van der Waals surface area contributed by atoms with Crippen LogP contribution in [0.2, 0.25) is 0 Å². The highest BCUT2D eigenvalue weighted by atomic mass is 14.4. The second-order valence-electron chi connectivity index (χ2n) is 11.2. The molecule has 0 aromatic heterocycles. The van der Waals surface area contributed by atoms with Crippen LogP contribution in [-0.2, 0) is 5.41 Å². The number of hydrogen-bond donors (Lipinski definition) is 0. The van der Waals surface area contributed by atoms with Crippen LogP contribution in [0.15, 0.2) is 48.5 Å². The van der Waals surface area contributed by atoms with Crippen LogP contribution in [0.25, 0.3) is 11.1 Å². The molecule has 0 fully saturated rings. The molecule has 0 bridgehead atoms. The Labute approximate surface area is 212 Å². The Bertz CT molecular complexity index is 756. The van der Waals surface area contributed by atoms with Crippen molar-refractivity contribution in [3.8, 4) is 11.1 Å². The molecule has 0 unspecified atom stereocenters. The number of fused-ring (bicyclic) bond motifs is 3. The zero-order valence-corrected chi connectivity index (χ0v) is 22.6. The van der Waals surface area contributed by atoms with E-state index >= 15 is 0 Å². The summed E-state index contributed by atoms with van der Waals surface area (Å²) in [4.78, 5) is 0. The summed E-state index contributed by atoms with van der Waals surface area (Å²) in [5.74, 6) is 0. The van der Waals surface area contributed by atoms with Crippen LogP contribution in [0.5, 0.6) is 0 Å². The largest absolute Gasteiger partial charge is 0.0654 e. The monoisotopic (exact) mass is 460 g/mol. The van der Waals surface area contributed by atoms with Gasteiger partial charge in [-0.25, -0.2) is 0 Å². The summed E-state index contributed by atoms with van der Waals surface area (Å²) < 4.78 is 0. The van der Waals surface area contributed by atoms with E-state index in [-0.39, 0.29) is 5.41 Å². The Balaban J connectivity index is 1.17. The van der Waals surface area contributed by atoms with Gasteiger partial charge in [0.2, 0.25) is 0 Å². The number of rotatable bonds is 19. The van der Waals surface area contributed by atoms with Crippen molar-refractivity contribution in [1.29, 1.82) is 0 Å². The first-order valence-electron chi connectivity index (χ1n) is 15.0. The van der Waals surface area contributed by atoms with Crippen molar-refractivity contribution in [2.75, 3.05) is 0 Å². The standard InChI is InChI=1S/C34H52/c1-3-4-5-6-7-8-9-10-11-12-13-14-15-16-17-18-19-24-29-34(2)32-27-22-20-25-30(32)31-26-21-23-28-33(31)34/h20-23,25-28H,3-19,24,29H2,1-2H3. The quantitative estimate of drug-likeness (QED) is 0.183. The molecule has 34 heavy (non-hydrogen) atoms. The van der Waals surface area contributed by atoms with Gasteiger partial charge in [-0.15, -0.1) is 0 Å². The summed E-state index contributed by atoms with van der Waals surface area (Å²) in [6.07, 6.45) is 27.2. The fraction of sp³-hybridized carbons (Fsp3) is 0.647. The lowest BCUT2D eigenvalue weighted by atomic mass is 9.76. The fourth-order valence-corrected chi connectivity index (χ4v) is 6.19. The van der Waals surface area contributed by atoms with E-state index in [0.717, 1.165) is 0 Å². The minimum Gasteiger partial charge on any atom is -0.0654 e.